The molecule has 1 aromatic carbocycles. The van der Waals surface area contributed by atoms with Gasteiger partial charge in [0.15, 0.2) is 11.0 Å². The summed E-state index contributed by atoms with van der Waals surface area (Å²) >= 11 is 12.5. The van der Waals surface area contributed by atoms with Crippen LogP contribution in [-0.4, -0.2) is 37.9 Å². The SMILES string of the molecule is Cn1cncc1CNC(=O)[C@@H]1NC2(CCC(C)(C)CC2)[C@@]2(C(=O)Nc3cc(Cl)ccc32)[C@H]1c1ccnc(Cl)c1F. The Labute approximate surface area is 242 Å². The van der Waals surface area contributed by atoms with Gasteiger partial charge in [-0.05, 0) is 60.4 Å². The molecule has 2 aromatic heterocycles. The number of aromatic nitrogens is 3. The molecular weight excluding hydrogens is 554 g/mol. The van der Waals surface area contributed by atoms with Crippen LogP contribution in [0.3, 0.4) is 0 Å². The highest BCUT2D eigenvalue weighted by molar-refractivity contribution is 6.31. The third-order valence-electron chi connectivity index (χ3n) is 9.31. The molecule has 11 heteroatoms. The standard InChI is InChI=1S/C29H31Cl2FN6O2/c1-27(2)7-9-28(10-8-27)29(19-5-4-16(30)12-20(19)36-26(29)40)21(18-6-11-34-24(31)22(18)32)23(37-28)25(39)35-14-17-13-33-15-38(17)3/h4-6,11-13,15,21,23,37H,7-10,14H2,1-3H3,(H,35,39)(H,36,40)/t21-,23+,29+/m0/s1. The van der Waals surface area contributed by atoms with Crippen LogP contribution in [0.4, 0.5) is 10.1 Å². The first-order valence-electron chi connectivity index (χ1n) is 13.4. The molecule has 0 unspecified atom stereocenters. The van der Waals surface area contributed by atoms with Gasteiger partial charge in [-0.15, -0.1) is 0 Å². The lowest BCUT2D eigenvalue weighted by Gasteiger charge is -2.50. The Hall–Kier alpha value is -3.01. The molecule has 8 nitrogen and oxygen atoms in total. The maximum Gasteiger partial charge on any atom is 0.238 e. The lowest BCUT2D eigenvalue weighted by molar-refractivity contribution is -0.124. The molecule has 3 N–H and O–H groups in total. The summed E-state index contributed by atoms with van der Waals surface area (Å²) in [5.41, 5.74) is 0.193. The van der Waals surface area contributed by atoms with Crippen molar-refractivity contribution >= 4 is 40.7 Å². The zero-order valence-electron chi connectivity index (χ0n) is 22.5. The smallest absolute Gasteiger partial charge is 0.238 e. The predicted octanol–water partition coefficient (Wildman–Crippen LogP) is 4.86. The van der Waals surface area contributed by atoms with Gasteiger partial charge in [-0.3, -0.25) is 14.9 Å². The van der Waals surface area contributed by atoms with Gasteiger partial charge in [0.2, 0.25) is 11.8 Å². The van der Waals surface area contributed by atoms with Crippen molar-refractivity contribution in [3.63, 3.8) is 0 Å². The largest absolute Gasteiger partial charge is 0.349 e. The van der Waals surface area contributed by atoms with E-state index >= 15 is 4.39 Å². The van der Waals surface area contributed by atoms with Crippen LogP contribution in [0.1, 0.15) is 62.3 Å². The number of benzene rings is 1. The van der Waals surface area contributed by atoms with E-state index in [2.05, 4.69) is 39.8 Å². The van der Waals surface area contributed by atoms with Gasteiger partial charge >= 0.3 is 0 Å². The molecule has 2 fully saturated rings. The number of amides is 2. The molecule has 1 saturated heterocycles. The summed E-state index contributed by atoms with van der Waals surface area (Å²) in [5.74, 6) is -2.27. The molecule has 2 aliphatic heterocycles. The van der Waals surface area contributed by atoms with Crippen molar-refractivity contribution in [2.24, 2.45) is 12.5 Å². The highest BCUT2D eigenvalue weighted by atomic mass is 35.5. The molecule has 3 atom stereocenters. The minimum absolute atomic E-state index is 0.0621. The molecule has 0 bridgehead atoms. The summed E-state index contributed by atoms with van der Waals surface area (Å²) in [6.45, 7) is 4.65. The maximum absolute atomic E-state index is 15.9. The zero-order chi connectivity index (χ0) is 28.4. The van der Waals surface area contributed by atoms with Crippen LogP contribution in [0.25, 0.3) is 0 Å². The maximum atomic E-state index is 15.9. The second-order valence-corrected chi connectivity index (χ2v) is 12.8. The topological polar surface area (TPSA) is 101 Å². The monoisotopic (exact) mass is 584 g/mol. The number of hydrogen-bond donors (Lipinski definition) is 3. The van der Waals surface area contributed by atoms with Crippen molar-refractivity contribution < 1.29 is 14.0 Å². The Morgan fingerprint density at radius 2 is 1.95 bits per heavy atom. The number of halogens is 3. The summed E-state index contributed by atoms with van der Waals surface area (Å²) in [4.78, 5) is 36.5. The van der Waals surface area contributed by atoms with Crippen LogP contribution < -0.4 is 16.0 Å². The normalized spacial score (nSPS) is 26.2. The minimum Gasteiger partial charge on any atom is -0.349 e. The lowest BCUT2D eigenvalue weighted by Crippen LogP contribution is -2.61. The number of rotatable bonds is 4. The fraction of sp³-hybridized carbons (Fsp3) is 0.448. The number of fused-ring (bicyclic) bond motifs is 3. The Kier molecular flexibility index (Phi) is 6.48. The van der Waals surface area contributed by atoms with Crippen molar-refractivity contribution in [1.29, 1.82) is 0 Å². The molecule has 3 aromatic rings. The molecule has 0 radical (unpaired) electrons. The lowest BCUT2D eigenvalue weighted by atomic mass is 9.53. The van der Waals surface area contributed by atoms with Crippen LogP contribution in [0, 0.1) is 11.2 Å². The first-order chi connectivity index (χ1) is 19.0. The fourth-order valence-corrected chi connectivity index (χ4v) is 7.51. The van der Waals surface area contributed by atoms with Crippen molar-refractivity contribution in [3.8, 4) is 0 Å². The zero-order valence-corrected chi connectivity index (χ0v) is 24.0. The summed E-state index contributed by atoms with van der Waals surface area (Å²) < 4.78 is 17.7. The van der Waals surface area contributed by atoms with Crippen molar-refractivity contribution in [3.05, 3.63) is 75.8 Å². The minimum atomic E-state index is -1.30. The van der Waals surface area contributed by atoms with Crippen LogP contribution >= 0.6 is 23.2 Å². The van der Waals surface area contributed by atoms with E-state index < -0.39 is 28.7 Å². The summed E-state index contributed by atoms with van der Waals surface area (Å²) in [7, 11) is 1.85. The molecule has 2 spiro atoms. The predicted molar refractivity (Wildman–Crippen MR) is 151 cm³/mol. The van der Waals surface area contributed by atoms with Crippen molar-refractivity contribution in [2.45, 2.75) is 69.0 Å². The molecular formula is C29H31Cl2FN6O2. The van der Waals surface area contributed by atoms with Crippen LogP contribution in [0.15, 0.2) is 43.0 Å². The molecule has 6 rings (SSSR count). The van der Waals surface area contributed by atoms with Crippen LogP contribution in [0.5, 0.6) is 0 Å². The number of pyridine rings is 1. The van der Waals surface area contributed by atoms with Crippen molar-refractivity contribution in [2.75, 3.05) is 5.32 Å². The Balaban J connectivity index is 1.55. The quantitative estimate of drug-likeness (QED) is 0.380. The average Bonchev–Trinajstić information content (AvgIpc) is 3.54. The van der Waals surface area contributed by atoms with Crippen LogP contribution in [-0.2, 0) is 28.6 Å². The number of carbonyl (C=O) groups is 2. The van der Waals surface area contributed by atoms with Gasteiger partial charge in [0.25, 0.3) is 0 Å². The van der Waals surface area contributed by atoms with Gasteiger partial charge in [-0.1, -0.05) is 43.1 Å². The average molecular weight is 586 g/mol. The highest BCUT2D eigenvalue weighted by Gasteiger charge is 2.73. The van der Waals surface area contributed by atoms with Gasteiger partial charge in [-0.2, -0.15) is 0 Å². The Bertz CT molecular complexity index is 1510. The number of hydrogen-bond acceptors (Lipinski definition) is 5. The summed E-state index contributed by atoms with van der Waals surface area (Å²) in [6.07, 6.45) is 7.66. The molecule has 4 heterocycles. The number of imidazole rings is 1. The first kappa shape index (κ1) is 27.2. The molecule has 210 valence electrons. The number of anilines is 1. The number of nitrogens with zero attached hydrogens (tertiary/aromatic N) is 3. The number of nitrogens with one attached hydrogen (secondary N) is 3. The van der Waals surface area contributed by atoms with E-state index in [1.165, 1.54) is 12.3 Å². The van der Waals surface area contributed by atoms with E-state index in [9.17, 15) is 9.59 Å². The van der Waals surface area contributed by atoms with Gasteiger partial charge in [0.05, 0.1) is 24.6 Å². The third kappa shape index (κ3) is 3.96. The second-order valence-electron chi connectivity index (χ2n) is 12.0. The van der Waals surface area contributed by atoms with Gasteiger partial charge in [-0.25, -0.2) is 14.4 Å². The van der Waals surface area contributed by atoms with E-state index in [0.29, 0.717) is 29.1 Å². The van der Waals surface area contributed by atoms with E-state index in [0.717, 1.165) is 18.5 Å². The molecule has 2 amide bonds. The molecule has 3 aliphatic rings. The van der Waals surface area contributed by atoms with E-state index in [1.807, 2.05) is 17.7 Å². The summed E-state index contributed by atoms with van der Waals surface area (Å²) in [5, 5.41) is 9.86. The molecule has 1 saturated carbocycles. The van der Waals surface area contributed by atoms with Gasteiger partial charge < -0.3 is 15.2 Å². The third-order valence-corrected chi connectivity index (χ3v) is 9.81. The van der Waals surface area contributed by atoms with Gasteiger partial charge in [0, 0.05) is 41.6 Å². The Morgan fingerprint density at radius 3 is 2.65 bits per heavy atom. The molecule has 1 aliphatic carbocycles. The highest BCUT2D eigenvalue weighted by Crippen LogP contribution is 2.64. The van der Waals surface area contributed by atoms with E-state index in [1.54, 1.807) is 24.7 Å². The van der Waals surface area contributed by atoms with Crippen molar-refractivity contribution in [1.82, 2.24) is 25.2 Å². The second kappa shape index (κ2) is 9.53. The summed E-state index contributed by atoms with van der Waals surface area (Å²) in [6, 6.07) is 5.89. The first-order valence-corrected chi connectivity index (χ1v) is 14.2. The fourth-order valence-electron chi connectivity index (χ4n) is 7.17. The van der Waals surface area contributed by atoms with Gasteiger partial charge in [0.1, 0.15) is 5.41 Å². The number of carbonyl (C=O) groups excluding carboxylic acids is 2. The Morgan fingerprint density at radius 1 is 1.20 bits per heavy atom. The number of aryl methyl sites for hydroxylation is 1. The molecule has 40 heavy (non-hydrogen) atoms. The van der Waals surface area contributed by atoms with Crippen LogP contribution in [0.2, 0.25) is 10.2 Å². The van der Waals surface area contributed by atoms with E-state index in [4.69, 9.17) is 23.2 Å². The van der Waals surface area contributed by atoms with E-state index in [-0.39, 0.29) is 34.5 Å².